The van der Waals surface area contributed by atoms with Crippen molar-refractivity contribution in [1.82, 2.24) is 9.36 Å². The van der Waals surface area contributed by atoms with Gasteiger partial charge in [0.2, 0.25) is 5.13 Å². The third-order valence-corrected chi connectivity index (χ3v) is 2.42. The lowest BCUT2D eigenvalue weighted by atomic mass is 10.3. The molecule has 16 heavy (non-hydrogen) atoms. The lowest BCUT2D eigenvalue weighted by Gasteiger charge is -1.96. The molecule has 0 amide bonds. The molecule has 0 aliphatic heterocycles. The Morgan fingerprint density at radius 1 is 1.19 bits per heavy atom. The molecule has 0 aliphatic carbocycles. The van der Waals surface area contributed by atoms with Gasteiger partial charge < -0.3 is 10.2 Å². The van der Waals surface area contributed by atoms with Crippen LogP contribution >= 0.6 is 11.5 Å². The molecule has 2 rings (SSSR count). The highest BCUT2D eigenvalue weighted by atomic mass is 32.1. The van der Waals surface area contributed by atoms with Crippen LogP contribution in [0.3, 0.4) is 0 Å². The first kappa shape index (κ1) is 10.5. The predicted octanol–water partition coefficient (Wildman–Crippen LogP) is 2.67. The van der Waals surface area contributed by atoms with Crippen molar-refractivity contribution in [2.24, 2.45) is 10.2 Å². The van der Waals surface area contributed by atoms with Gasteiger partial charge in [-0.05, 0) is 19.1 Å². The van der Waals surface area contributed by atoms with Gasteiger partial charge in [-0.3, -0.25) is 0 Å². The smallest absolute Gasteiger partial charge is 0.249 e. The van der Waals surface area contributed by atoms with Crippen molar-refractivity contribution in [3.05, 3.63) is 24.0 Å². The summed E-state index contributed by atoms with van der Waals surface area (Å²) in [4.78, 5) is 4.00. The summed E-state index contributed by atoms with van der Waals surface area (Å²) in [5.41, 5.74) is 0.433. The molecule has 0 spiro atoms. The lowest BCUT2D eigenvalue weighted by Crippen LogP contribution is -1.69. The topological polar surface area (TPSA) is 91.0 Å². The van der Waals surface area contributed by atoms with Gasteiger partial charge in [-0.1, -0.05) is 0 Å². The fraction of sp³-hybridized carbons (Fsp3) is 0.111. The number of phenolic OH excluding ortho intramolecular Hbond substituents is 2. The number of benzene rings is 1. The van der Waals surface area contributed by atoms with Crippen LogP contribution < -0.4 is 0 Å². The Labute approximate surface area is 95.1 Å². The van der Waals surface area contributed by atoms with Crippen molar-refractivity contribution in [3.63, 3.8) is 0 Å². The summed E-state index contributed by atoms with van der Waals surface area (Å²) in [6.45, 7) is 1.77. The van der Waals surface area contributed by atoms with Crippen molar-refractivity contribution < 1.29 is 10.2 Å². The second-order valence-electron chi connectivity index (χ2n) is 3.00. The van der Waals surface area contributed by atoms with E-state index in [-0.39, 0.29) is 11.5 Å². The zero-order chi connectivity index (χ0) is 11.5. The summed E-state index contributed by atoms with van der Waals surface area (Å²) in [5, 5.41) is 26.5. The molecule has 1 aromatic carbocycles. The molecule has 6 nitrogen and oxygen atoms in total. The minimum absolute atomic E-state index is 0.189. The monoisotopic (exact) mass is 236 g/mol. The highest BCUT2D eigenvalue weighted by Gasteiger charge is 2.00. The molecule has 0 aliphatic rings. The zero-order valence-electron chi connectivity index (χ0n) is 8.32. The zero-order valence-corrected chi connectivity index (χ0v) is 9.14. The van der Waals surface area contributed by atoms with Gasteiger partial charge in [0.15, 0.2) is 11.5 Å². The average molecular weight is 236 g/mol. The van der Waals surface area contributed by atoms with E-state index in [0.717, 1.165) is 11.5 Å². The largest absolute Gasteiger partial charge is 0.504 e. The average Bonchev–Trinajstić information content (AvgIpc) is 2.66. The summed E-state index contributed by atoms with van der Waals surface area (Å²) >= 11 is 1.14. The fourth-order valence-electron chi connectivity index (χ4n) is 1.00. The first-order chi connectivity index (χ1) is 7.65. The second-order valence-corrected chi connectivity index (χ2v) is 3.73. The van der Waals surface area contributed by atoms with Crippen LogP contribution in [-0.4, -0.2) is 19.6 Å². The van der Waals surface area contributed by atoms with Crippen molar-refractivity contribution in [2.75, 3.05) is 0 Å². The van der Waals surface area contributed by atoms with Crippen LogP contribution in [0.15, 0.2) is 28.4 Å². The van der Waals surface area contributed by atoms with Crippen LogP contribution in [-0.2, 0) is 0 Å². The maximum absolute atomic E-state index is 9.22. The van der Waals surface area contributed by atoms with Gasteiger partial charge in [-0.2, -0.15) is 4.37 Å². The number of aryl methyl sites for hydroxylation is 1. The molecule has 1 aromatic heterocycles. The Bertz CT molecular complexity index is 538. The van der Waals surface area contributed by atoms with Crippen LogP contribution in [0.2, 0.25) is 0 Å². The molecule has 82 valence electrons. The number of nitrogens with zero attached hydrogens (tertiary/aromatic N) is 4. The van der Waals surface area contributed by atoms with E-state index in [0.29, 0.717) is 16.6 Å². The van der Waals surface area contributed by atoms with Crippen LogP contribution in [0.25, 0.3) is 0 Å². The van der Waals surface area contributed by atoms with Gasteiger partial charge in [0.1, 0.15) is 5.82 Å². The van der Waals surface area contributed by atoms with Gasteiger partial charge in [0.25, 0.3) is 0 Å². The van der Waals surface area contributed by atoms with E-state index in [9.17, 15) is 5.11 Å². The van der Waals surface area contributed by atoms with Crippen LogP contribution in [0.4, 0.5) is 10.8 Å². The van der Waals surface area contributed by atoms with E-state index in [1.54, 1.807) is 6.92 Å². The van der Waals surface area contributed by atoms with Gasteiger partial charge in [0.05, 0.1) is 5.69 Å². The SMILES string of the molecule is Cc1nsc(/N=N/c2ccc(O)c(O)c2)n1. The Morgan fingerprint density at radius 2 is 2.00 bits per heavy atom. The number of azo groups is 1. The third kappa shape index (κ3) is 2.31. The summed E-state index contributed by atoms with van der Waals surface area (Å²) in [6.07, 6.45) is 0. The van der Waals surface area contributed by atoms with E-state index >= 15 is 0 Å². The Hall–Kier alpha value is -2.02. The van der Waals surface area contributed by atoms with E-state index in [2.05, 4.69) is 19.6 Å². The quantitative estimate of drug-likeness (QED) is 0.619. The number of aromatic nitrogens is 2. The van der Waals surface area contributed by atoms with Gasteiger partial charge in [-0.15, -0.1) is 10.2 Å². The minimum Gasteiger partial charge on any atom is -0.504 e. The number of aromatic hydroxyl groups is 2. The lowest BCUT2D eigenvalue weighted by molar-refractivity contribution is 0.404. The molecular formula is C9H8N4O2S. The summed E-state index contributed by atoms with van der Waals surface area (Å²) in [7, 11) is 0. The van der Waals surface area contributed by atoms with E-state index in [1.807, 2.05) is 0 Å². The number of hydrogen-bond donors (Lipinski definition) is 2. The van der Waals surface area contributed by atoms with Gasteiger partial charge in [0, 0.05) is 17.6 Å². The summed E-state index contributed by atoms with van der Waals surface area (Å²) in [5.74, 6) is 0.225. The molecule has 2 N–H and O–H groups in total. The molecule has 7 heteroatoms. The first-order valence-electron chi connectivity index (χ1n) is 4.39. The molecule has 0 saturated carbocycles. The van der Waals surface area contributed by atoms with Crippen molar-refractivity contribution in [2.45, 2.75) is 6.92 Å². The molecule has 1 heterocycles. The predicted molar refractivity (Wildman–Crippen MR) is 58.6 cm³/mol. The first-order valence-corrected chi connectivity index (χ1v) is 5.16. The molecule has 2 aromatic rings. The van der Waals surface area contributed by atoms with Crippen molar-refractivity contribution in [3.8, 4) is 11.5 Å². The third-order valence-electron chi connectivity index (χ3n) is 1.73. The van der Waals surface area contributed by atoms with Crippen molar-refractivity contribution in [1.29, 1.82) is 0 Å². The van der Waals surface area contributed by atoms with Gasteiger partial charge in [-0.25, -0.2) is 4.98 Å². The maximum atomic E-state index is 9.22. The van der Waals surface area contributed by atoms with Crippen LogP contribution in [0.5, 0.6) is 11.5 Å². The highest BCUT2D eigenvalue weighted by Crippen LogP contribution is 2.29. The van der Waals surface area contributed by atoms with E-state index in [4.69, 9.17) is 5.11 Å². The molecule has 0 unspecified atom stereocenters. The normalized spacial score (nSPS) is 11.1. The second kappa shape index (κ2) is 4.23. The molecule has 0 atom stereocenters. The fourth-order valence-corrected chi connectivity index (χ4v) is 1.51. The molecule has 0 saturated heterocycles. The van der Waals surface area contributed by atoms with Crippen LogP contribution in [0, 0.1) is 6.92 Å². The summed E-state index contributed by atoms with van der Waals surface area (Å²) < 4.78 is 3.95. The Balaban J connectivity index is 2.20. The number of phenols is 2. The highest BCUT2D eigenvalue weighted by molar-refractivity contribution is 7.09. The molecule has 0 radical (unpaired) electrons. The molecule has 0 bridgehead atoms. The Kier molecular flexibility index (Phi) is 2.78. The molecule has 0 fully saturated rings. The summed E-state index contributed by atoms with van der Waals surface area (Å²) in [6, 6.07) is 4.19. The number of rotatable bonds is 2. The number of hydrogen-bond acceptors (Lipinski definition) is 7. The van der Waals surface area contributed by atoms with Gasteiger partial charge >= 0.3 is 0 Å². The molecular weight excluding hydrogens is 228 g/mol. The standard InChI is InChI=1S/C9H8N4O2S/c1-5-10-9(16-13-5)12-11-6-2-3-7(14)8(15)4-6/h2-4,14-15H,1H3/b12-11+. The maximum Gasteiger partial charge on any atom is 0.249 e. The minimum atomic E-state index is -0.232. The Morgan fingerprint density at radius 3 is 2.62 bits per heavy atom. The van der Waals surface area contributed by atoms with E-state index < -0.39 is 0 Å². The van der Waals surface area contributed by atoms with E-state index in [1.165, 1.54) is 18.2 Å². The van der Waals surface area contributed by atoms with Crippen LogP contribution in [0.1, 0.15) is 5.82 Å². The van der Waals surface area contributed by atoms with Crippen molar-refractivity contribution >= 4 is 22.4 Å².